The molecule has 0 saturated carbocycles. The Bertz CT molecular complexity index is 1100. The molecule has 0 spiro atoms. The predicted molar refractivity (Wildman–Crippen MR) is 123 cm³/mol. The Morgan fingerprint density at radius 1 is 1.32 bits per heavy atom. The minimum atomic E-state index is 0.172. The van der Waals surface area contributed by atoms with Crippen LogP contribution in [0.15, 0.2) is 53.5 Å². The largest absolute Gasteiger partial charge is 0.489 e. The van der Waals surface area contributed by atoms with E-state index in [0.717, 1.165) is 30.7 Å². The fourth-order valence-corrected chi connectivity index (χ4v) is 3.25. The second kappa shape index (κ2) is 9.22. The highest BCUT2D eigenvalue weighted by atomic mass is 16.5. The normalized spacial score (nSPS) is 14.4. The monoisotopic (exact) mass is 417 g/mol. The lowest BCUT2D eigenvalue weighted by Gasteiger charge is -2.32. The van der Waals surface area contributed by atoms with E-state index in [4.69, 9.17) is 27.3 Å². The number of nitrogens with one attached hydrogen (secondary N) is 1. The van der Waals surface area contributed by atoms with Crippen LogP contribution in [0.5, 0.6) is 5.75 Å². The summed E-state index contributed by atoms with van der Waals surface area (Å²) in [6, 6.07) is 9.01. The summed E-state index contributed by atoms with van der Waals surface area (Å²) in [6.45, 7) is 5.68. The Balaban J connectivity index is 1.85. The molecule has 0 unspecified atom stereocenters. The van der Waals surface area contributed by atoms with E-state index in [-0.39, 0.29) is 12.3 Å². The molecular weight excluding hydrogens is 390 g/mol. The molecule has 0 radical (unpaired) electrons. The van der Waals surface area contributed by atoms with Gasteiger partial charge in [0.1, 0.15) is 24.2 Å². The first-order valence-corrected chi connectivity index (χ1v) is 9.96. The quantitative estimate of drug-likeness (QED) is 0.307. The van der Waals surface area contributed by atoms with E-state index in [0.29, 0.717) is 39.6 Å². The number of nitrogens with two attached hydrogens (primary N) is 3. The average molecular weight is 418 g/mol. The van der Waals surface area contributed by atoms with E-state index in [1.807, 2.05) is 6.92 Å². The molecule has 2 heterocycles. The summed E-state index contributed by atoms with van der Waals surface area (Å²) in [5, 5.41) is 18.2. The van der Waals surface area contributed by atoms with Crippen molar-refractivity contribution in [2.45, 2.75) is 20.3 Å². The Morgan fingerprint density at radius 2 is 2.06 bits per heavy atom. The van der Waals surface area contributed by atoms with Crippen LogP contribution >= 0.6 is 0 Å². The van der Waals surface area contributed by atoms with Crippen LogP contribution in [0.1, 0.15) is 37.0 Å². The summed E-state index contributed by atoms with van der Waals surface area (Å²) >= 11 is 0. The van der Waals surface area contributed by atoms with Crippen LogP contribution < -0.4 is 26.8 Å². The lowest BCUT2D eigenvalue weighted by Crippen LogP contribution is -2.38. The Labute approximate surface area is 182 Å². The Hall–Kier alpha value is -3.99. The zero-order valence-corrected chi connectivity index (χ0v) is 17.8. The molecule has 8 heteroatoms. The lowest BCUT2D eigenvalue weighted by atomic mass is 10.0. The van der Waals surface area contributed by atoms with Crippen LogP contribution in [-0.4, -0.2) is 30.4 Å². The molecule has 0 amide bonds. The van der Waals surface area contributed by atoms with Crippen LogP contribution in [0.2, 0.25) is 0 Å². The first-order valence-electron chi connectivity index (χ1n) is 9.96. The van der Waals surface area contributed by atoms with Crippen LogP contribution in [0.4, 0.5) is 11.5 Å². The van der Waals surface area contributed by atoms with Gasteiger partial charge in [-0.15, -0.1) is 0 Å². The molecule has 1 aliphatic rings. The van der Waals surface area contributed by atoms with Crippen LogP contribution in [0.3, 0.4) is 0 Å². The number of nitrogen functional groups attached to an aromatic ring is 1. The van der Waals surface area contributed by atoms with Gasteiger partial charge in [-0.1, -0.05) is 0 Å². The van der Waals surface area contributed by atoms with Gasteiger partial charge in [-0.05, 0) is 56.3 Å². The zero-order valence-electron chi connectivity index (χ0n) is 17.8. The molecule has 31 heavy (non-hydrogen) atoms. The zero-order chi connectivity index (χ0) is 22.5. The van der Waals surface area contributed by atoms with Gasteiger partial charge in [0, 0.05) is 47.4 Å². The van der Waals surface area contributed by atoms with Crippen molar-refractivity contribution in [1.29, 1.82) is 10.7 Å². The summed E-state index contributed by atoms with van der Waals surface area (Å²) in [4.78, 5) is 6.48. The van der Waals surface area contributed by atoms with E-state index >= 15 is 0 Å². The number of hydrogen-bond donors (Lipinski definition) is 4. The summed E-state index contributed by atoms with van der Waals surface area (Å²) in [7, 11) is 0. The highest BCUT2D eigenvalue weighted by molar-refractivity contribution is 6.14. The van der Waals surface area contributed by atoms with Gasteiger partial charge < -0.3 is 26.8 Å². The number of allylic oxidation sites excluding steroid dienone is 1. The fourth-order valence-electron chi connectivity index (χ4n) is 3.25. The molecule has 3 rings (SSSR count). The highest BCUT2D eigenvalue weighted by Gasteiger charge is 2.21. The number of ether oxygens (including phenoxy) is 1. The number of benzene rings is 1. The molecule has 0 aliphatic carbocycles. The van der Waals surface area contributed by atoms with E-state index in [1.54, 1.807) is 37.4 Å². The minimum Gasteiger partial charge on any atom is -0.489 e. The van der Waals surface area contributed by atoms with Gasteiger partial charge in [0.05, 0.1) is 11.3 Å². The maximum absolute atomic E-state index is 9.53. The predicted octanol–water partition coefficient (Wildman–Crippen LogP) is 2.64. The number of aromatic nitrogens is 1. The third kappa shape index (κ3) is 4.61. The maximum Gasteiger partial charge on any atom is 0.146 e. The van der Waals surface area contributed by atoms with Crippen molar-refractivity contribution in [1.82, 2.24) is 4.98 Å². The van der Waals surface area contributed by atoms with Crippen molar-refractivity contribution < 1.29 is 4.74 Å². The Morgan fingerprint density at radius 3 is 2.65 bits per heavy atom. The van der Waals surface area contributed by atoms with Gasteiger partial charge in [0.2, 0.25) is 0 Å². The van der Waals surface area contributed by atoms with Gasteiger partial charge in [0.25, 0.3) is 0 Å². The molecule has 0 bridgehead atoms. The number of nitriles is 1. The number of nitrogens with zero attached hydrogens (tertiary/aromatic N) is 3. The van der Waals surface area contributed by atoms with E-state index in [1.165, 1.54) is 6.20 Å². The topological polar surface area (TPSA) is 151 Å². The standard InChI is InChI=1S/C23H27N7O/c1-14(10-24)20(15(2)26)13-31-18-4-5-21(27)19(9-18)22(28)17-8-16(11-25)23(29-12-17)30-6-3-7-30/h4-5,8-10,12,28H,3,6-7,13,24,26-27H2,1-2H3/b14-10-,20-15-,28-22?. The molecule has 1 saturated heterocycles. The minimum absolute atomic E-state index is 0.172. The lowest BCUT2D eigenvalue weighted by molar-refractivity contribution is 0.352. The molecule has 1 aromatic carbocycles. The van der Waals surface area contributed by atoms with Gasteiger partial charge in [0.15, 0.2) is 0 Å². The van der Waals surface area contributed by atoms with Crippen molar-refractivity contribution in [3.05, 3.63) is 70.2 Å². The van der Waals surface area contributed by atoms with Crippen LogP contribution in [0, 0.1) is 16.7 Å². The van der Waals surface area contributed by atoms with Crippen LogP contribution in [-0.2, 0) is 0 Å². The molecule has 0 atom stereocenters. The fraction of sp³-hybridized carbons (Fsp3) is 0.261. The van der Waals surface area contributed by atoms with E-state index < -0.39 is 0 Å². The van der Waals surface area contributed by atoms with Gasteiger partial charge in [-0.25, -0.2) is 4.98 Å². The maximum atomic E-state index is 9.53. The van der Waals surface area contributed by atoms with Crippen LogP contribution in [0.25, 0.3) is 0 Å². The van der Waals surface area contributed by atoms with Crippen molar-refractivity contribution >= 4 is 17.2 Å². The average Bonchev–Trinajstić information content (AvgIpc) is 2.73. The SMILES string of the molecule is CC(=C/N)/C(COc1ccc(N)c(C(=N)c2cnc(N3CCC3)c(C#N)c2)c1)=C(/C)N. The highest BCUT2D eigenvalue weighted by Crippen LogP contribution is 2.27. The summed E-state index contributed by atoms with van der Waals surface area (Å²) in [5.74, 6) is 1.21. The third-order valence-electron chi connectivity index (χ3n) is 5.31. The first-order chi connectivity index (χ1) is 14.8. The molecule has 1 aliphatic heterocycles. The molecular formula is C23H27N7O. The molecule has 1 fully saturated rings. The Kier molecular flexibility index (Phi) is 6.46. The van der Waals surface area contributed by atoms with Gasteiger partial charge in [-0.2, -0.15) is 5.26 Å². The van der Waals surface area contributed by atoms with Crippen molar-refractivity contribution in [2.24, 2.45) is 11.5 Å². The van der Waals surface area contributed by atoms with Gasteiger partial charge in [-0.3, -0.25) is 5.41 Å². The smallest absolute Gasteiger partial charge is 0.146 e. The number of rotatable bonds is 7. The number of hydrogen-bond acceptors (Lipinski definition) is 8. The van der Waals surface area contributed by atoms with Crippen molar-refractivity contribution in [3.63, 3.8) is 0 Å². The third-order valence-corrected chi connectivity index (χ3v) is 5.31. The summed E-state index contributed by atoms with van der Waals surface area (Å²) in [6.07, 6.45) is 4.19. The molecule has 1 aromatic heterocycles. The molecule has 8 nitrogen and oxygen atoms in total. The van der Waals surface area contributed by atoms with E-state index in [9.17, 15) is 5.26 Å². The molecule has 2 aromatic rings. The summed E-state index contributed by atoms with van der Waals surface area (Å²) in [5.41, 5.74) is 22.0. The second-order valence-electron chi connectivity index (χ2n) is 7.47. The molecule has 7 N–H and O–H groups in total. The molecule has 160 valence electrons. The van der Waals surface area contributed by atoms with E-state index in [2.05, 4.69) is 16.0 Å². The van der Waals surface area contributed by atoms with Crippen molar-refractivity contribution in [2.75, 3.05) is 30.3 Å². The summed E-state index contributed by atoms with van der Waals surface area (Å²) < 4.78 is 5.89. The van der Waals surface area contributed by atoms with Gasteiger partial charge >= 0.3 is 0 Å². The number of pyridine rings is 1. The number of anilines is 2. The van der Waals surface area contributed by atoms with Crippen molar-refractivity contribution in [3.8, 4) is 11.8 Å². The first kappa shape index (κ1) is 21.7. The second-order valence-corrected chi connectivity index (χ2v) is 7.47.